The lowest BCUT2D eigenvalue weighted by Gasteiger charge is -2.08. The Morgan fingerprint density at radius 1 is 1.21 bits per heavy atom. The molecule has 2 heterocycles. The molecule has 0 aliphatic heterocycles. The number of phenols is 1. The van der Waals surface area contributed by atoms with Crippen molar-refractivity contribution in [3.8, 4) is 5.75 Å². The lowest BCUT2D eigenvalue weighted by atomic mass is 10.1. The van der Waals surface area contributed by atoms with E-state index in [4.69, 9.17) is 4.74 Å². The van der Waals surface area contributed by atoms with Crippen LogP contribution in [0.3, 0.4) is 0 Å². The smallest absolute Gasteiger partial charge is 0.342 e. The van der Waals surface area contributed by atoms with Crippen LogP contribution in [0.4, 0.5) is 0 Å². The highest BCUT2D eigenvalue weighted by Crippen LogP contribution is 2.19. The molecule has 24 heavy (non-hydrogen) atoms. The number of rotatable bonds is 3. The molecular weight excluding hydrogens is 308 g/mol. The Balaban J connectivity index is 1.83. The van der Waals surface area contributed by atoms with Crippen molar-refractivity contribution < 1.29 is 14.6 Å². The van der Waals surface area contributed by atoms with Crippen LogP contribution in [0.2, 0.25) is 0 Å². The molecule has 0 amide bonds. The van der Waals surface area contributed by atoms with Gasteiger partial charge in [-0.1, -0.05) is 12.1 Å². The van der Waals surface area contributed by atoms with Gasteiger partial charge in [0.05, 0.1) is 5.69 Å². The van der Waals surface area contributed by atoms with Crippen LogP contribution < -0.4 is 5.56 Å². The van der Waals surface area contributed by atoms with Crippen molar-refractivity contribution in [1.29, 1.82) is 0 Å². The van der Waals surface area contributed by atoms with Gasteiger partial charge in [0.1, 0.15) is 23.6 Å². The lowest BCUT2D eigenvalue weighted by Crippen LogP contribution is -2.18. The van der Waals surface area contributed by atoms with Gasteiger partial charge in [-0.25, -0.2) is 9.78 Å². The van der Waals surface area contributed by atoms with Crippen molar-refractivity contribution in [2.75, 3.05) is 0 Å². The number of nitrogens with zero attached hydrogens (tertiary/aromatic N) is 2. The van der Waals surface area contributed by atoms with E-state index >= 15 is 0 Å². The average Bonchev–Trinajstić information content (AvgIpc) is 2.52. The number of phenolic OH excluding ortho intramolecular Hbond substituents is 1. The lowest BCUT2D eigenvalue weighted by molar-refractivity contribution is 0.0464. The molecule has 0 aliphatic carbocycles. The number of hydrogen-bond acceptors (Lipinski definition) is 5. The van der Waals surface area contributed by atoms with E-state index in [1.165, 1.54) is 22.6 Å². The first-order valence-corrected chi connectivity index (χ1v) is 7.41. The SMILES string of the molecule is Cc1ccc(C(=O)OCc2cc(=O)n3c(C)cccc3n2)c(O)c1. The van der Waals surface area contributed by atoms with Gasteiger partial charge in [-0.05, 0) is 43.7 Å². The van der Waals surface area contributed by atoms with Gasteiger partial charge in [-0.15, -0.1) is 0 Å². The van der Waals surface area contributed by atoms with E-state index in [0.717, 1.165) is 11.3 Å². The maximum absolute atomic E-state index is 12.2. The van der Waals surface area contributed by atoms with Gasteiger partial charge in [-0.3, -0.25) is 9.20 Å². The second-order valence-electron chi connectivity index (χ2n) is 5.54. The maximum atomic E-state index is 12.2. The zero-order chi connectivity index (χ0) is 17.3. The summed E-state index contributed by atoms with van der Waals surface area (Å²) in [4.78, 5) is 28.6. The van der Waals surface area contributed by atoms with E-state index < -0.39 is 5.97 Å². The van der Waals surface area contributed by atoms with Gasteiger partial charge in [0, 0.05) is 11.8 Å². The summed E-state index contributed by atoms with van der Waals surface area (Å²) < 4.78 is 6.64. The minimum atomic E-state index is -0.668. The van der Waals surface area contributed by atoms with Gasteiger partial charge >= 0.3 is 5.97 Å². The molecule has 0 bridgehead atoms. The highest BCUT2D eigenvalue weighted by atomic mass is 16.5. The number of aromatic nitrogens is 2. The number of carbonyl (C=O) groups excluding carboxylic acids is 1. The van der Waals surface area contributed by atoms with Gasteiger partial charge in [0.15, 0.2) is 0 Å². The largest absolute Gasteiger partial charge is 0.507 e. The number of benzene rings is 1. The fraction of sp³-hybridized carbons (Fsp3) is 0.167. The molecule has 3 rings (SSSR count). The maximum Gasteiger partial charge on any atom is 0.342 e. The van der Waals surface area contributed by atoms with Crippen molar-refractivity contribution in [2.45, 2.75) is 20.5 Å². The summed E-state index contributed by atoms with van der Waals surface area (Å²) in [6.07, 6.45) is 0. The minimum Gasteiger partial charge on any atom is -0.507 e. The molecule has 0 aliphatic rings. The highest BCUT2D eigenvalue weighted by Gasteiger charge is 2.13. The molecule has 0 radical (unpaired) electrons. The fourth-order valence-electron chi connectivity index (χ4n) is 2.47. The molecule has 1 aromatic carbocycles. The second kappa shape index (κ2) is 6.16. The third-order valence-corrected chi connectivity index (χ3v) is 3.66. The standard InChI is InChI=1S/C18H16N2O4/c1-11-6-7-14(15(21)8-11)18(23)24-10-13-9-17(22)20-12(2)4-3-5-16(20)19-13/h3-9,21H,10H2,1-2H3. The van der Waals surface area contributed by atoms with Crippen molar-refractivity contribution in [2.24, 2.45) is 0 Å². The number of carbonyl (C=O) groups is 1. The Morgan fingerprint density at radius 2 is 2.00 bits per heavy atom. The van der Waals surface area contributed by atoms with Crippen molar-refractivity contribution in [3.05, 3.63) is 75.3 Å². The Labute approximate surface area is 138 Å². The predicted molar refractivity (Wildman–Crippen MR) is 88.2 cm³/mol. The molecule has 0 saturated heterocycles. The van der Waals surface area contributed by atoms with E-state index in [0.29, 0.717) is 11.3 Å². The summed E-state index contributed by atoms with van der Waals surface area (Å²) in [6.45, 7) is 3.48. The third-order valence-electron chi connectivity index (χ3n) is 3.66. The van der Waals surface area contributed by atoms with Crippen molar-refractivity contribution in [1.82, 2.24) is 9.38 Å². The van der Waals surface area contributed by atoms with Crippen LogP contribution in [0, 0.1) is 13.8 Å². The average molecular weight is 324 g/mol. The van der Waals surface area contributed by atoms with Crippen molar-refractivity contribution >= 4 is 11.6 Å². The first-order valence-electron chi connectivity index (χ1n) is 7.41. The molecule has 2 aromatic heterocycles. The van der Waals surface area contributed by atoms with E-state index in [2.05, 4.69) is 4.98 Å². The molecule has 6 heteroatoms. The normalized spacial score (nSPS) is 10.8. The van der Waals surface area contributed by atoms with E-state index in [1.807, 2.05) is 19.9 Å². The second-order valence-corrected chi connectivity index (χ2v) is 5.54. The quantitative estimate of drug-likeness (QED) is 0.748. The van der Waals surface area contributed by atoms with Crippen LogP contribution >= 0.6 is 0 Å². The number of ether oxygens (including phenoxy) is 1. The van der Waals surface area contributed by atoms with E-state index in [-0.39, 0.29) is 23.5 Å². The molecule has 0 saturated carbocycles. The topological polar surface area (TPSA) is 80.9 Å². The molecule has 0 spiro atoms. The Kier molecular flexibility index (Phi) is 4.04. The van der Waals surface area contributed by atoms with Crippen LogP contribution in [0.25, 0.3) is 5.65 Å². The minimum absolute atomic E-state index is 0.0777. The Hall–Kier alpha value is -3.15. The molecular formula is C18H16N2O4. The van der Waals surface area contributed by atoms with Crippen LogP contribution in [-0.2, 0) is 11.3 Å². The number of fused-ring (bicyclic) bond motifs is 1. The van der Waals surface area contributed by atoms with E-state index in [9.17, 15) is 14.7 Å². The summed E-state index contributed by atoms with van der Waals surface area (Å²) in [6, 6.07) is 11.4. The molecule has 3 aromatic rings. The number of pyridine rings is 1. The summed E-state index contributed by atoms with van der Waals surface area (Å²) in [7, 11) is 0. The van der Waals surface area contributed by atoms with Crippen LogP contribution in [-0.4, -0.2) is 20.5 Å². The summed E-state index contributed by atoms with van der Waals surface area (Å²) in [5.74, 6) is -0.805. The highest BCUT2D eigenvalue weighted by molar-refractivity contribution is 5.92. The van der Waals surface area contributed by atoms with E-state index in [1.54, 1.807) is 18.2 Å². The first-order chi connectivity index (χ1) is 11.5. The predicted octanol–water partition coefficient (Wildman–Crippen LogP) is 2.37. The number of hydrogen-bond donors (Lipinski definition) is 1. The molecule has 0 fully saturated rings. The molecule has 122 valence electrons. The summed E-state index contributed by atoms with van der Waals surface area (Å²) >= 11 is 0. The van der Waals surface area contributed by atoms with Crippen LogP contribution in [0.1, 0.15) is 27.3 Å². The van der Waals surface area contributed by atoms with Gasteiger partial charge in [0.2, 0.25) is 0 Å². The zero-order valence-electron chi connectivity index (χ0n) is 13.3. The molecule has 1 N–H and O–H groups in total. The zero-order valence-corrected chi connectivity index (χ0v) is 13.3. The van der Waals surface area contributed by atoms with Crippen LogP contribution in [0.5, 0.6) is 5.75 Å². The fourth-order valence-corrected chi connectivity index (χ4v) is 2.47. The summed E-state index contributed by atoms with van der Waals surface area (Å²) in [5, 5.41) is 9.81. The number of esters is 1. The number of aromatic hydroxyl groups is 1. The van der Waals surface area contributed by atoms with Gasteiger partial charge in [0.25, 0.3) is 5.56 Å². The molecule has 0 atom stereocenters. The number of aryl methyl sites for hydroxylation is 2. The molecule has 0 unspecified atom stereocenters. The monoisotopic (exact) mass is 324 g/mol. The summed E-state index contributed by atoms with van der Waals surface area (Å²) in [5.41, 5.74) is 2.30. The Morgan fingerprint density at radius 3 is 2.75 bits per heavy atom. The van der Waals surface area contributed by atoms with Crippen LogP contribution in [0.15, 0.2) is 47.3 Å². The van der Waals surface area contributed by atoms with Crippen molar-refractivity contribution in [3.63, 3.8) is 0 Å². The Bertz CT molecular complexity index is 992. The van der Waals surface area contributed by atoms with Gasteiger partial charge in [-0.2, -0.15) is 0 Å². The first kappa shape index (κ1) is 15.7. The third kappa shape index (κ3) is 2.99. The van der Waals surface area contributed by atoms with Gasteiger partial charge < -0.3 is 9.84 Å². The molecule has 6 nitrogen and oxygen atoms in total.